The molecule has 0 spiro atoms. The zero-order chi connectivity index (χ0) is 52.0. The van der Waals surface area contributed by atoms with E-state index in [1.807, 2.05) is 97.0 Å². The van der Waals surface area contributed by atoms with Gasteiger partial charge in [0.2, 0.25) is 8.32 Å². The summed E-state index contributed by atoms with van der Waals surface area (Å²) in [5.74, 6) is 0.350. The van der Waals surface area contributed by atoms with E-state index in [2.05, 4.69) is 74.5 Å². The summed E-state index contributed by atoms with van der Waals surface area (Å²) in [5, 5.41) is 12.0. The average Bonchev–Trinajstić information content (AvgIpc) is 3.28. The largest absolute Gasteiger partial charge is 0.497 e. The van der Waals surface area contributed by atoms with E-state index in [0.717, 1.165) is 39.1 Å². The lowest BCUT2D eigenvalue weighted by Gasteiger charge is -2.45. The first-order valence-electron chi connectivity index (χ1n) is 25.7. The van der Waals surface area contributed by atoms with Crippen LogP contribution in [0.1, 0.15) is 176 Å². The van der Waals surface area contributed by atoms with Gasteiger partial charge in [0.25, 0.3) is 10.1 Å². The van der Waals surface area contributed by atoms with Crippen molar-refractivity contribution in [3.8, 4) is 5.75 Å². The Balaban J connectivity index is 1.78. The first kappa shape index (κ1) is 60.2. The number of esters is 1. The number of hydrogen-bond donors (Lipinski definition) is 1. The van der Waals surface area contributed by atoms with Crippen LogP contribution in [0.3, 0.4) is 0 Å². The zero-order valence-corrected chi connectivity index (χ0v) is 47.6. The van der Waals surface area contributed by atoms with Crippen LogP contribution in [0.25, 0.3) is 0 Å². The molecule has 390 valence electrons. The minimum atomic E-state index is -4.06. The van der Waals surface area contributed by atoms with E-state index in [9.17, 15) is 18.3 Å². The van der Waals surface area contributed by atoms with Gasteiger partial charge in [0.15, 0.2) is 0 Å². The summed E-state index contributed by atoms with van der Waals surface area (Å²) >= 11 is 0. The number of aliphatic hydroxyl groups excluding tert-OH is 1. The van der Waals surface area contributed by atoms with Crippen LogP contribution in [0.4, 0.5) is 0 Å². The molecule has 1 N–H and O–H groups in total. The van der Waals surface area contributed by atoms with Gasteiger partial charge in [0, 0.05) is 31.8 Å². The van der Waals surface area contributed by atoms with Gasteiger partial charge >= 0.3 is 5.97 Å². The van der Waals surface area contributed by atoms with Gasteiger partial charge in [-0.3, -0.25) is 8.98 Å². The van der Waals surface area contributed by atoms with Gasteiger partial charge in [-0.2, -0.15) is 8.42 Å². The van der Waals surface area contributed by atoms with E-state index in [-0.39, 0.29) is 77.7 Å². The zero-order valence-electron chi connectivity index (χ0n) is 45.8. The molecule has 1 aliphatic heterocycles. The summed E-state index contributed by atoms with van der Waals surface area (Å²) in [6.07, 6.45) is 8.06. The lowest BCUT2D eigenvalue weighted by Crippen LogP contribution is -2.51. The fourth-order valence-corrected chi connectivity index (χ4v) is 17.5. The van der Waals surface area contributed by atoms with Crippen LogP contribution in [0.2, 0.25) is 16.6 Å². The van der Waals surface area contributed by atoms with Crippen molar-refractivity contribution in [1.82, 2.24) is 0 Å². The molecular formula is C57H92O10SSi. The van der Waals surface area contributed by atoms with Crippen molar-refractivity contribution in [3.05, 3.63) is 94.1 Å². The Hall–Kier alpha value is -3.10. The van der Waals surface area contributed by atoms with Crippen molar-refractivity contribution in [3.63, 3.8) is 0 Å². The molecule has 7 atom stereocenters. The molecule has 2 aromatic rings. The Labute approximate surface area is 420 Å². The molecule has 0 unspecified atom stereocenters. The van der Waals surface area contributed by atoms with E-state index in [4.69, 9.17) is 27.6 Å². The molecule has 10 nitrogen and oxygen atoms in total. The minimum absolute atomic E-state index is 0.00408. The predicted octanol–water partition coefficient (Wildman–Crippen LogP) is 13.7. The maximum Gasteiger partial charge on any atom is 0.306 e. The molecule has 1 fully saturated rings. The Morgan fingerprint density at radius 3 is 1.93 bits per heavy atom. The number of hydrogen-bond acceptors (Lipinski definition) is 10. The van der Waals surface area contributed by atoms with Crippen molar-refractivity contribution >= 4 is 24.4 Å². The average molecular weight is 998 g/mol. The van der Waals surface area contributed by atoms with Crippen LogP contribution in [0, 0.1) is 17.8 Å². The van der Waals surface area contributed by atoms with Crippen LogP contribution in [0.15, 0.2) is 76.7 Å². The SMILES string of the molecule is COc1ccc(COC/C=C(\C)[C@H](OC)[C@@H](C)[C@@H](O)C[C@H](O[Si](C(C)C)(C(C)C)C(C)C)/C(C)=C/C=C/[C@@H](C)[C@H]2C[C@@H](CCOS(=O)(=O)c3c(C(C)C)cc(C(C)C)cc3C(C)C)CC(=O)O2)cc1. The molecule has 1 saturated heterocycles. The molecule has 0 saturated carbocycles. The number of methoxy groups -OCH3 is 2. The third kappa shape index (κ3) is 16.7. The van der Waals surface area contributed by atoms with Gasteiger partial charge in [0.1, 0.15) is 16.7 Å². The quantitative estimate of drug-likeness (QED) is 0.0220. The van der Waals surface area contributed by atoms with Gasteiger partial charge in [-0.05, 0) is 113 Å². The molecule has 0 amide bonds. The van der Waals surface area contributed by atoms with Crippen molar-refractivity contribution in [2.75, 3.05) is 27.4 Å². The maximum absolute atomic E-state index is 13.9. The molecule has 0 aliphatic carbocycles. The molecule has 2 aromatic carbocycles. The first-order chi connectivity index (χ1) is 32.3. The van der Waals surface area contributed by atoms with Gasteiger partial charge < -0.3 is 28.5 Å². The number of benzene rings is 2. The molecule has 12 heteroatoms. The molecule has 69 heavy (non-hydrogen) atoms. The minimum Gasteiger partial charge on any atom is -0.497 e. The summed E-state index contributed by atoms with van der Waals surface area (Å²) in [6, 6.07) is 11.9. The van der Waals surface area contributed by atoms with Crippen molar-refractivity contribution < 1.29 is 45.9 Å². The van der Waals surface area contributed by atoms with Crippen LogP contribution >= 0.6 is 0 Å². The summed E-state index contributed by atoms with van der Waals surface area (Å²) in [7, 11) is -3.11. The Morgan fingerprint density at radius 1 is 0.841 bits per heavy atom. The highest BCUT2D eigenvalue weighted by atomic mass is 32.2. The van der Waals surface area contributed by atoms with Crippen molar-refractivity contribution in [2.24, 2.45) is 17.8 Å². The van der Waals surface area contributed by atoms with Gasteiger partial charge in [-0.25, -0.2) is 0 Å². The second-order valence-electron chi connectivity index (χ2n) is 21.6. The van der Waals surface area contributed by atoms with E-state index in [1.54, 1.807) is 14.2 Å². The van der Waals surface area contributed by atoms with E-state index in [1.165, 1.54) is 0 Å². The van der Waals surface area contributed by atoms with E-state index >= 15 is 0 Å². The summed E-state index contributed by atoms with van der Waals surface area (Å²) in [5.41, 5.74) is 6.77. The van der Waals surface area contributed by atoms with Gasteiger partial charge in [-0.15, -0.1) is 0 Å². The summed E-state index contributed by atoms with van der Waals surface area (Å²) in [4.78, 5) is 13.3. The molecule has 0 aromatic heterocycles. The standard InChI is InChI=1S/C57H92O10SSi/c1-36(2)48-32-50(37(3)4)57(51(33-48)38(5)6)68(60,61)65-29-27-47-30-53(66-55(59)31-47)42(13)20-19-21-43(14)54(67-69(39(7)8,40(9)10)41(11)12)34-52(58)45(16)56(63-18)44(15)26-28-64-35-46-22-24-49(62-17)25-23-46/h19-26,32-33,36-42,45,47,52-54,56,58H,27-31,34-35H2,1-18H3/b20-19+,43-21+,44-26+/t42-,45+,47-,52+,53-,54+,56+/m1/s1. The van der Waals surface area contributed by atoms with Crippen LogP contribution in [0.5, 0.6) is 5.75 Å². The van der Waals surface area contributed by atoms with E-state index < -0.39 is 24.5 Å². The molecule has 1 aliphatic rings. The number of carbonyl (C=O) groups is 1. The normalized spacial score (nSPS) is 19.1. The Morgan fingerprint density at radius 2 is 1.42 bits per heavy atom. The fourth-order valence-electron chi connectivity index (χ4n) is 10.3. The highest BCUT2D eigenvalue weighted by molar-refractivity contribution is 7.86. The second-order valence-corrected chi connectivity index (χ2v) is 28.6. The van der Waals surface area contributed by atoms with Crippen LogP contribution < -0.4 is 4.74 Å². The smallest absolute Gasteiger partial charge is 0.306 e. The molecule has 3 rings (SSSR count). The topological polar surface area (TPSA) is 127 Å². The third-order valence-electron chi connectivity index (χ3n) is 14.5. The van der Waals surface area contributed by atoms with Crippen molar-refractivity contribution in [1.29, 1.82) is 0 Å². The predicted molar refractivity (Wildman–Crippen MR) is 284 cm³/mol. The molecule has 0 radical (unpaired) electrons. The van der Waals surface area contributed by atoms with Gasteiger partial charge in [-0.1, -0.05) is 146 Å². The molecule has 0 bridgehead atoms. The maximum atomic E-state index is 13.9. The monoisotopic (exact) mass is 997 g/mol. The van der Waals surface area contributed by atoms with E-state index in [0.29, 0.717) is 49.1 Å². The first-order valence-corrected chi connectivity index (χ1v) is 29.2. The van der Waals surface area contributed by atoms with Crippen LogP contribution in [-0.2, 0) is 44.3 Å². The Bertz CT molecular complexity index is 2050. The van der Waals surface area contributed by atoms with Crippen LogP contribution in [-0.4, -0.2) is 79.7 Å². The number of aliphatic hydroxyl groups is 1. The highest BCUT2D eigenvalue weighted by Crippen LogP contribution is 2.45. The lowest BCUT2D eigenvalue weighted by molar-refractivity contribution is -0.159. The number of carbonyl (C=O) groups excluding carboxylic acids is 1. The fraction of sp³-hybridized carbons (Fsp3) is 0.667. The molecular weight excluding hydrogens is 905 g/mol. The van der Waals surface area contributed by atoms with Gasteiger partial charge in [0.05, 0.1) is 45.2 Å². The number of allylic oxidation sites excluding steroid dienone is 2. The third-order valence-corrected chi connectivity index (χ3v) is 22.1. The summed E-state index contributed by atoms with van der Waals surface area (Å²) < 4.78 is 64.2. The second kappa shape index (κ2) is 27.6. The number of ether oxygens (including phenoxy) is 4. The number of rotatable bonds is 28. The summed E-state index contributed by atoms with van der Waals surface area (Å²) in [6.45, 7) is 35.0. The lowest BCUT2D eigenvalue weighted by atomic mass is 9.87. The number of cyclic esters (lactones) is 1. The van der Waals surface area contributed by atoms with Crippen molar-refractivity contribution in [2.45, 2.75) is 207 Å². The highest BCUT2D eigenvalue weighted by Gasteiger charge is 2.47. The molecule has 1 heterocycles. The Kier molecular flexibility index (Phi) is 24.1.